The number of fused-ring (bicyclic) bond motifs is 1. The van der Waals surface area contributed by atoms with E-state index < -0.39 is 4.92 Å². The van der Waals surface area contributed by atoms with Crippen LogP contribution in [0.15, 0.2) is 62.9 Å². The Bertz CT molecular complexity index is 1060. The van der Waals surface area contributed by atoms with Crippen LogP contribution < -0.4 is 11.0 Å². The smallest absolute Gasteiger partial charge is 0.284 e. The van der Waals surface area contributed by atoms with Gasteiger partial charge in [-0.15, -0.1) is 0 Å². The van der Waals surface area contributed by atoms with E-state index in [0.717, 1.165) is 10.9 Å². The average molecular weight is 401 g/mol. The first kappa shape index (κ1) is 16.8. The van der Waals surface area contributed by atoms with Gasteiger partial charge >= 0.3 is 0 Å². The number of benzene rings is 2. The highest BCUT2D eigenvalue weighted by molar-refractivity contribution is 9.10. The fourth-order valence-corrected chi connectivity index (χ4v) is 2.82. The number of nitrogens with zero attached hydrogens (tertiary/aromatic N) is 3. The van der Waals surface area contributed by atoms with Crippen molar-refractivity contribution in [2.24, 2.45) is 12.1 Å². The predicted molar refractivity (Wildman–Crippen MR) is 101 cm³/mol. The number of aryl methyl sites for hydroxylation is 1. The summed E-state index contributed by atoms with van der Waals surface area (Å²) in [5.41, 5.74) is 4.57. The summed E-state index contributed by atoms with van der Waals surface area (Å²) >= 11 is 3.14. The minimum atomic E-state index is -0.469. The lowest BCUT2D eigenvalue weighted by atomic mass is 10.2. The molecule has 25 heavy (non-hydrogen) atoms. The van der Waals surface area contributed by atoms with E-state index in [1.54, 1.807) is 23.7 Å². The molecule has 8 heteroatoms. The van der Waals surface area contributed by atoms with Crippen molar-refractivity contribution in [2.45, 2.75) is 0 Å². The van der Waals surface area contributed by atoms with Crippen LogP contribution in [-0.2, 0) is 7.05 Å². The maximum absolute atomic E-state index is 12.0. The van der Waals surface area contributed by atoms with Crippen molar-refractivity contribution in [2.75, 3.05) is 5.43 Å². The fraction of sp³-hybridized carbons (Fsp3) is 0.0588. The van der Waals surface area contributed by atoms with Crippen LogP contribution >= 0.6 is 15.9 Å². The van der Waals surface area contributed by atoms with E-state index in [-0.39, 0.29) is 11.2 Å². The summed E-state index contributed by atoms with van der Waals surface area (Å²) < 4.78 is 1.96. The van der Waals surface area contributed by atoms with Gasteiger partial charge in [0, 0.05) is 30.1 Å². The third-order valence-corrected chi connectivity index (χ3v) is 4.39. The standard InChI is InChI=1S/C17H13BrN4O3/c1-21-15-5-3-2-4-12(15)14(9-17(21)23)20-19-10-11-6-7-13(18)16(8-11)22(24)25/h2-10,20H,1H3/b19-10-. The molecular weight excluding hydrogens is 388 g/mol. The number of nitrogens with one attached hydrogen (secondary N) is 1. The number of halogens is 1. The number of aromatic nitrogens is 1. The topological polar surface area (TPSA) is 89.5 Å². The van der Waals surface area contributed by atoms with Crippen LogP contribution in [0.2, 0.25) is 0 Å². The molecule has 1 N–H and O–H groups in total. The first-order valence-corrected chi connectivity index (χ1v) is 8.08. The molecule has 2 aromatic carbocycles. The normalized spacial score (nSPS) is 11.1. The summed E-state index contributed by atoms with van der Waals surface area (Å²) in [5, 5.41) is 15.9. The highest BCUT2D eigenvalue weighted by atomic mass is 79.9. The molecule has 0 fully saturated rings. The third kappa shape index (κ3) is 3.43. The highest BCUT2D eigenvalue weighted by Gasteiger charge is 2.11. The zero-order chi connectivity index (χ0) is 18.0. The molecule has 3 aromatic rings. The van der Waals surface area contributed by atoms with Crippen LogP contribution in [0.1, 0.15) is 5.56 Å². The van der Waals surface area contributed by atoms with E-state index in [4.69, 9.17) is 0 Å². The summed E-state index contributed by atoms with van der Waals surface area (Å²) in [5.74, 6) is 0. The number of nitro benzene ring substituents is 1. The van der Waals surface area contributed by atoms with Gasteiger partial charge in [0.05, 0.1) is 26.8 Å². The Balaban J connectivity index is 1.92. The number of nitro groups is 1. The van der Waals surface area contributed by atoms with Crippen LogP contribution in [0.3, 0.4) is 0 Å². The van der Waals surface area contributed by atoms with E-state index in [9.17, 15) is 14.9 Å². The molecule has 0 saturated heterocycles. The molecule has 0 saturated carbocycles. The number of hydrogen-bond donors (Lipinski definition) is 1. The second-order valence-electron chi connectivity index (χ2n) is 5.31. The average Bonchev–Trinajstić information content (AvgIpc) is 2.60. The maximum atomic E-state index is 12.0. The van der Waals surface area contributed by atoms with Gasteiger partial charge in [0.25, 0.3) is 11.2 Å². The number of rotatable bonds is 4. The van der Waals surface area contributed by atoms with Gasteiger partial charge in [0.1, 0.15) is 0 Å². The van der Waals surface area contributed by atoms with Gasteiger partial charge in [0.2, 0.25) is 0 Å². The molecule has 0 unspecified atom stereocenters. The predicted octanol–water partition coefficient (Wildman–Crippen LogP) is 3.66. The Morgan fingerprint density at radius 1 is 1.24 bits per heavy atom. The van der Waals surface area contributed by atoms with Crippen LogP contribution in [0.25, 0.3) is 10.9 Å². The molecule has 7 nitrogen and oxygen atoms in total. The Kier molecular flexibility index (Phi) is 4.62. The van der Waals surface area contributed by atoms with E-state index >= 15 is 0 Å². The van der Waals surface area contributed by atoms with E-state index in [2.05, 4.69) is 26.5 Å². The molecule has 0 bridgehead atoms. The summed E-state index contributed by atoms with van der Waals surface area (Å²) in [6.07, 6.45) is 1.46. The van der Waals surface area contributed by atoms with E-state index in [0.29, 0.717) is 15.7 Å². The van der Waals surface area contributed by atoms with Crippen LogP contribution in [-0.4, -0.2) is 15.7 Å². The van der Waals surface area contributed by atoms with Crippen molar-refractivity contribution in [3.63, 3.8) is 0 Å². The molecule has 0 aliphatic heterocycles. The second kappa shape index (κ2) is 6.86. The molecule has 1 aromatic heterocycles. The van der Waals surface area contributed by atoms with Crippen molar-refractivity contribution in [3.8, 4) is 0 Å². The highest BCUT2D eigenvalue weighted by Crippen LogP contribution is 2.25. The Morgan fingerprint density at radius 2 is 2.00 bits per heavy atom. The first-order valence-electron chi connectivity index (χ1n) is 7.29. The lowest BCUT2D eigenvalue weighted by Gasteiger charge is -2.09. The minimum Gasteiger partial charge on any atom is -0.311 e. The summed E-state index contributed by atoms with van der Waals surface area (Å²) in [7, 11) is 1.71. The summed E-state index contributed by atoms with van der Waals surface area (Å²) in [6.45, 7) is 0. The maximum Gasteiger partial charge on any atom is 0.284 e. The number of anilines is 1. The number of hydrogen-bond acceptors (Lipinski definition) is 5. The van der Waals surface area contributed by atoms with Gasteiger partial charge in [-0.3, -0.25) is 20.3 Å². The summed E-state index contributed by atoms with van der Waals surface area (Å²) in [4.78, 5) is 22.5. The molecule has 126 valence electrons. The number of pyridine rings is 1. The number of hydrazone groups is 1. The Labute approximate surface area is 150 Å². The largest absolute Gasteiger partial charge is 0.311 e. The van der Waals surface area contributed by atoms with Crippen LogP contribution in [0.5, 0.6) is 0 Å². The lowest BCUT2D eigenvalue weighted by molar-refractivity contribution is -0.385. The molecule has 0 spiro atoms. The zero-order valence-electron chi connectivity index (χ0n) is 13.1. The third-order valence-electron chi connectivity index (χ3n) is 3.72. The van der Waals surface area contributed by atoms with Crippen molar-refractivity contribution in [3.05, 3.63) is 79.0 Å². The Morgan fingerprint density at radius 3 is 2.76 bits per heavy atom. The van der Waals surface area contributed by atoms with Gasteiger partial charge < -0.3 is 4.57 Å². The minimum absolute atomic E-state index is 0.0389. The van der Waals surface area contributed by atoms with Gasteiger partial charge in [-0.05, 0) is 28.1 Å². The molecular formula is C17H13BrN4O3. The quantitative estimate of drug-likeness (QED) is 0.411. The molecule has 0 radical (unpaired) electrons. The van der Waals surface area contributed by atoms with Crippen LogP contribution in [0, 0.1) is 10.1 Å². The second-order valence-corrected chi connectivity index (χ2v) is 6.16. The molecule has 0 atom stereocenters. The van der Waals surface area contributed by atoms with Gasteiger partial charge in [-0.2, -0.15) is 5.10 Å². The van der Waals surface area contributed by atoms with E-state index in [1.165, 1.54) is 18.3 Å². The van der Waals surface area contributed by atoms with E-state index in [1.807, 2.05) is 24.3 Å². The van der Waals surface area contributed by atoms with Gasteiger partial charge in [0.15, 0.2) is 0 Å². The Hall–Kier alpha value is -3.00. The van der Waals surface area contributed by atoms with Gasteiger partial charge in [-0.25, -0.2) is 0 Å². The zero-order valence-corrected chi connectivity index (χ0v) is 14.7. The van der Waals surface area contributed by atoms with Gasteiger partial charge in [-0.1, -0.05) is 24.3 Å². The molecule has 3 rings (SSSR count). The molecule has 0 aliphatic carbocycles. The summed E-state index contributed by atoms with van der Waals surface area (Å²) in [6, 6.07) is 13.6. The lowest BCUT2D eigenvalue weighted by Crippen LogP contribution is -2.16. The van der Waals surface area contributed by atoms with Crippen molar-refractivity contribution in [1.29, 1.82) is 0 Å². The molecule has 1 heterocycles. The molecule has 0 amide bonds. The fourth-order valence-electron chi connectivity index (χ4n) is 2.43. The first-order chi connectivity index (χ1) is 12.0. The van der Waals surface area contributed by atoms with Crippen molar-refractivity contribution >= 4 is 44.4 Å². The number of para-hydroxylation sites is 1. The van der Waals surface area contributed by atoms with Crippen molar-refractivity contribution < 1.29 is 4.92 Å². The molecule has 0 aliphatic rings. The van der Waals surface area contributed by atoms with Crippen molar-refractivity contribution in [1.82, 2.24) is 4.57 Å². The van der Waals surface area contributed by atoms with Crippen LogP contribution in [0.4, 0.5) is 11.4 Å². The monoisotopic (exact) mass is 400 g/mol. The SMILES string of the molecule is Cn1c(=O)cc(N/N=C\c2ccc(Br)c([N+](=O)[O-])c2)c2ccccc21.